The summed E-state index contributed by atoms with van der Waals surface area (Å²) in [5.41, 5.74) is 2.02. The molecule has 1 rings (SSSR count). The summed E-state index contributed by atoms with van der Waals surface area (Å²) in [7, 11) is 1.61. The van der Waals surface area contributed by atoms with E-state index in [1.54, 1.807) is 7.11 Å². The first-order valence-corrected chi connectivity index (χ1v) is 4.75. The summed E-state index contributed by atoms with van der Waals surface area (Å²) in [6, 6.07) is 3.89. The predicted octanol–water partition coefficient (Wildman–Crippen LogP) is 2.51. The van der Waals surface area contributed by atoms with Crippen LogP contribution < -0.4 is 4.74 Å². The molecule has 0 unspecified atom stereocenters. The van der Waals surface area contributed by atoms with Crippen molar-refractivity contribution < 1.29 is 9.53 Å². The molecule has 0 aliphatic rings. The topological polar surface area (TPSA) is 26.3 Å². The summed E-state index contributed by atoms with van der Waals surface area (Å²) in [6.45, 7) is 1.98. The Labute approximate surface area is 86.0 Å². The van der Waals surface area contributed by atoms with E-state index in [9.17, 15) is 4.79 Å². The lowest BCUT2D eigenvalue weighted by molar-refractivity contribution is -0.107. The second-order valence-electron chi connectivity index (χ2n) is 2.80. The highest BCUT2D eigenvalue weighted by molar-refractivity contribution is 9.10. The van der Waals surface area contributed by atoms with Gasteiger partial charge < -0.3 is 9.53 Å². The molecule has 0 aromatic heterocycles. The maximum absolute atomic E-state index is 10.4. The normalized spacial score (nSPS) is 9.77. The molecular weight excluding hydrogens is 232 g/mol. The van der Waals surface area contributed by atoms with Crippen LogP contribution in [0.4, 0.5) is 0 Å². The second kappa shape index (κ2) is 4.42. The summed E-state index contributed by atoms with van der Waals surface area (Å²) < 4.78 is 6.10. The van der Waals surface area contributed by atoms with Crippen molar-refractivity contribution in [2.45, 2.75) is 13.3 Å². The van der Waals surface area contributed by atoms with Gasteiger partial charge in [-0.1, -0.05) is 15.9 Å². The third kappa shape index (κ3) is 2.31. The number of hydrogen-bond acceptors (Lipinski definition) is 2. The SMILES string of the molecule is COc1cc(C)cc(Br)c1CC=O. The number of methoxy groups -OCH3 is 1. The van der Waals surface area contributed by atoms with E-state index < -0.39 is 0 Å². The van der Waals surface area contributed by atoms with E-state index >= 15 is 0 Å². The maximum atomic E-state index is 10.4. The number of carbonyl (C=O) groups excluding carboxylic acids is 1. The van der Waals surface area contributed by atoms with Crippen LogP contribution in [0.1, 0.15) is 11.1 Å². The van der Waals surface area contributed by atoms with Crippen molar-refractivity contribution >= 4 is 22.2 Å². The zero-order valence-corrected chi connectivity index (χ0v) is 9.22. The molecule has 0 heterocycles. The quantitative estimate of drug-likeness (QED) is 0.762. The number of aryl methyl sites for hydroxylation is 1. The highest BCUT2D eigenvalue weighted by atomic mass is 79.9. The Morgan fingerprint density at radius 2 is 2.23 bits per heavy atom. The van der Waals surface area contributed by atoms with Gasteiger partial charge in [-0.25, -0.2) is 0 Å². The lowest BCUT2D eigenvalue weighted by Gasteiger charge is -2.09. The Bertz CT molecular complexity index is 321. The average Bonchev–Trinajstić information content (AvgIpc) is 2.09. The van der Waals surface area contributed by atoms with Crippen molar-refractivity contribution in [2.24, 2.45) is 0 Å². The lowest BCUT2D eigenvalue weighted by atomic mass is 10.1. The van der Waals surface area contributed by atoms with Crippen LogP contribution in [-0.2, 0) is 11.2 Å². The average molecular weight is 243 g/mol. The van der Waals surface area contributed by atoms with Gasteiger partial charge in [0.1, 0.15) is 12.0 Å². The van der Waals surface area contributed by atoms with Gasteiger partial charge in [0.2, 0.25) is 0 Å². The molecule has 0 fully saturated rings. The van der Waals surface area contributed by atoms with Crippen molar-refractivity contribution in [3.63, 3.8) is 0 Å². The van der Waals surface area contributed by atoms with Crippen LogP contribution in [0.3, 0.4) is 0 Å². The van der Waals surface area contributed by atoms with E-state index in [1.807, 2.05) is 19.1 Å². The first kappa shape index (κ1) is 10.3. The molecule has 3 heteroatoms. The van der Waals surface area contributed by atoms with Crippen LogP contribution in [-0.4, -0.2) is 13.4 Å². The van der Waals surface area contributed by atoms with Crippen LogP contribution >= 0.6 is 15.9 Å². The molecule has 0 atom stereocenters. The lowest BCUT2D eigenvalue weighted by Crippen LogP contribution is -1.95. The summed E-state index contributed by atoms with van der Waals surface area (Å²) in [5, 5.41) is 0. The number of hydrogen-bond donors (Lipinski definition) is 0. The fourth-order valence-electron chi connectivity index (χ4n) is 1.20. The molecule has 70 valence electrons. The maximum Gasteiger partial charge on any atom is 0.124 e. The molecule has 0 bridgehead atoms. The predicted molar refractivity (Wildman–Crippen MR) is 55.2 cm³/mol. The molecule has 0 saturated carbocycles. The summed E-state index contributed by atoms with van der Waals surface area (Å²) in [5.74, 6) is 0.763. The van der Waals surface area contributed by atoms with E-state index in [-0.39, 0.29) is 0 Å². The molecule has 0 N–H and O–H groups in total. The highest BCUT2D eigenvalue weighted by Crippen LogP contribution is 2.28. The van der Waals surface area contributed by atoms with Crippen molar-refractivity contribution in [3.8, 4) is 5.75 Å². The molecule has 0 saturated heterocycles. The van der Waals surface area contributed by atoms with Crippen LogP contribution in [0.15, 0.2) is 16.6 Å². The van der Waals surface area contributed by atoms with Crippen LogP contribution in [0.5, 0.6) is 5.75 Å². The Morgan fingerprint density at radius 1 is 1.54 bits per heavy atom. The largest absolute Gasteiger partial charge is 0.496 e. The number of carbonyl (C=O) groups is 1. The molecule has 0 amide bonds. The second-order valence-corrected chi connectivity index (χ2v) is 3.65. The summed E-state index contributed by atoms with van der Waals surface area (Å²) in [4.78, 5) is 10.4. The molecular formula is C10H11BrO2. The first-order valence-electron chi connectivity index (χ1n) is 3.95. The Morgan fingerprint density at radius 3 is 2.77 bits per heavy atom. The first-order chi connectivity index (χ1) is 6.19. The Hall–Kier alpha value is -0.830. The minimum absolute atomic E-state index is 0.379. The molecule has 0 aliphatic heterocycles. The van der Waals surface area contributed by atoms with Gasteiger partial charge in [0.15, 0.2) is 0 Å². The molecule has 2 nitrogen and oxygen atoms in total. The van der Waals surface area contributed by atoms with E-state index in [2.05, 4.69) is 15.9 Å². The monoisotopic (exact) mass is 242 g/mol. The standard InChI is InChI=1S/C10H11BrO2/c1-7-5-9(11)8(3-4-12)10(6-7)13-2/h4-6H,3H2,1-2H3. The van der Waals surface area contributed by atoms with Crippen molar-refractivity contribution in [3.05, 3.63) is 27.7 Å². The number of halogens is 1. The Balaban J connectivity index is 3.20. The van der Waals surface area contributed by atoms with Gasteiger partial charge in [-0.2, -0.15) is 0 Å². The highest BCUT2D eigenvalue weighted by Gasteiger charge is 2.07. The Kier molecular flexibility index (Phi) is 3.48. The van der Waals surface area contributed by atoms with Crippen LogP contribution in [0.25, 0.3) is 0 Å². The number of aldehydes is 1. The number of ether oxygens (including phenoxy) is 1. The number of benzene rings is 1. The molecule has 13 heavy (non-hydrogen) atoms. The fraction of sp³-hybridized carbons (Fsp3) is 0.300. The van der Waals surface area contributed by atoms with Gasteiger partial charge >= 0.3 is 0 Å². The van der Waals surface area contributed by atoms with Gasteiger partial charge in [-0.3, -0.25) is 0 Å². The molecule has 1 aromatic rings. The molecule has 0 aliphatic carbocycles. The minimum atomic E-state index is 0.379. The van der Waals surface area contributed by atoms with Gasteiger partial charge in [-0.15, -0.1) is 0 Å². The van der Waals surface area contributed by atoms with Gasteiger partial charge in [0.25, 0.3) is 0 Å². The van der Waals surface area contributed by atoms with Crippen molar-refractivity contribution in [2.75, 3.05) is 7.11 Å². The molecule has 1 aromatic carbocycles. The molecule has 0 radical (unpaired) electrons. The van der Waals surface area contributed by atoms with E-state index in [0.29, 0.717) is 6.42 Å². The van der Waals surface area contributed by atoms with Crippen LogP contribution in [0.2, 0.25) is 0 Å². The van der Waals surface area contributed by atoms with Crippen molar-refractivity contribution in [1.29, 1.82) is 0 Å². The minimum Gasteiger partial charge on any atom is -0.496 e. The van der Waals surface area contributed by atoms with Gasteiger partial charge in [-0.05, 0) is 24.6 Å². The van der Waals surface area contributed by atoms with E-state index in [0.717, 1.165) is 27.6 Å². The summed E-state index contributed by atoms with van der Waals surface area (Å²) in [6.07, 6.45) is 1.25. The third-order valence-electron chi connectivity index (χ3n) is 1.81. The van der Waals surface area contributed by atoms with Gasteiger partial charge in [0.05, 0.1) is 7.11 Å². The van der Waals surface area contributed by atoms with E-state index in [1.165, 1.54) is 0 Å². The van der Waals surface area contributed by atoms with Crippen LogP contribution in [0, 0.1) is 6.92 Å². The number of rotatable bonds is 3. The third-order valence-corrected chi connectivity index (χ3v) is 2.51. The zero-order chi connectivity index (χ0) is 9.84. The fourth-order valence-corrected chi connectivity index (χ4v) is 1.92. The van der Waals surface area contributed by atoms with E-state index in [4.69, 9.17) is 4.74 Å². The smallest absolute Gasteiger partial charge is 0.124 e. The van der Waals surface area contributed by atoms with Crippen molar-refractivity contribution in [1.82, 2.24) is 0 Å². The van der Waals surface area contributed by atoms with Gasteiger partial charge in [0, 0.05) is 16.5 Å². The molecule has 0 spiro atoms. The summed E-state index contributed by atoms with van der Waals surface area (Å²) >= 11 is 3.40. The zero-order valence-electron chi connectivity index (χ0n) is 7.63.